The summed E-state index contributed by atoms with van der Waals surface area (Å²) in [5.41, 5.74) is 0. The summed E-state index contributed by atoms with van der Waals surface area (Å²) in [6.07, 6.45) is 7.66. The van der Waals surface area contributed by atoms with E-state index in [0.29, 0.717) is 0 Å². The van der Waals surface area contributed by atoms with Crippen LogP contribution >= 0.6 is 0 Å². The van der Waals surface area contributed by atoms with Gasteiger partial charge in [-0.3, -0.25) is 0 Å². The molecule has 0 heteroatoms. The maximum atomic E-state index is 2.43. The molecule has 3 unspecified atom stereocenters. The minimum atomic E-state index is 1.03. The first-order valence-corrected chi connectivity index (χ1v) is 5.25. The molecule has 0 N–H and O–H groups in total. The second-order valence-electron chi connectivity index (χ2n) is 5.01. The molecule has 11 heavy (non-hydrogen) atoms. The van der Waals surface area contributed by atoms with E-state index >= 15 is 0 Å². The summed E-state index contributed by atoms with van der Waals surface area (Å²) in [5.74, 6) is 4.31. The third kappa shape index (κ3) is 1.45. The number of rotatable bonds is 0. The van der Waals surface area contributed by atoms with Crippen molar-refractivity contribution in [2.45, 2.75) is 46.0 Å². The average Bonchev–Trinajstić information content (AvgIpc) is 2.27. The highest BCUT2D eigenvalue weighted by atomic mass is 14.4. The Hall–Kier alpha value is 0. The van der Waals surface area contributed by atoms with Crippen molar-refractivity contribution in [2.75, 3.05) is 0 Å². The van der Waals surface area contributed by atoms with Gasteiger partial charge in [-0.05, 0) is 49.4 Å². The first-order chi connectivity index (χ1) is 5.25. The normalized spacial score (nSPS) is 50.7. The summed E-state index contributed by atoms with van der Waals surface area (Å²) in [6, 6.07) is 0. The van der Waals surface area contributed by atoms with Gasteiger partial charge in [0.2, 0.25) is 0 Å². The molecular weight excluding hydrogens is 132 g/mol. The molecule has 0 amide bonds. The molecule has 0 heterocycles. The van der Waals surface area contributed by atoms with Crippen LogP contribution in [0.25, 0.3) is 0 Å². The lowest BCUT2D eigenvalue weighted by molar-refractivity contribution is 0.220. The minimum Gasteiger partial charge on any atom is -0.0625 e. The molecule has 0 spiro atoms. The quantitative estimate of drug-likeness (QED) is 0.498. The molecular formula is C11H20. The van der Waals surface area contributed by atoms with Crippen LogP contribution in [0.2, 0.25) is 0 Å². The summed E-state index contributed by atoms with van der Waals surface area (Å²) in [4.78, 5) is 0. The molecule has 2 rings (SSSR count). The van der Waals surface area contributed by atoms with Gasteiger partial charge in [0.25, 0.3) is 0 Å². The van der Waals surface area contributed by atoms with Crippen molar-refractivity contribution >= 4 is 0 Å². The maximum absolute atomic E-state index is 2.43. The lowest BCUT2D eigenvalue weighted by atomic mass is 9.77. The molecule has 4 atom stereocenters. The molecule has 2 saturated carbocycles. The van der Waals surface area contributed by atoms with Gasteiger partial charge in [-0.1, -0.05) is 20.3 Å². The second kappa shape index (κ2) is 2.80. The van der Waals surface area contributed by atoms with Crippen LogP contribution < -0.4 is 0 Å². The van der Waals surface area contributed by atoms with Crippen LogP contribution in [0.3, 0.4) is 0 Å². The third-order valence-corrected chi connectivity index (χ3v) is 3.81. The summed E-state index contributed by atoms with van der Waals surface area (Å²) >= 11 is 0. The summed E-state index contributed by atoms with van der Waals surface area (Å²) in [6.45, 7) is 4.86. The predicted octanol–water partition coefficient (Wildman–Crippen LogP) is 3.47. The molecule has 0 aromatic rings. The van der Waals surface area contributed by atoms with Crippen LogP contribution in [0, 0.1) is 23.7 Å². The zero-order valence-electron chi connectivity index (χ0n) is 7.84. The molecule has 2 fully saturated rings. The smallest absolute Gasteiger partial charge is 0.0381 e. The number of hydrogen-bond acceptors (Lipinski definition) is 0. The Morgan fingerprint density at radius 3 is 2.18 bits per heavy atom. The van der Waals surface area contributed by atoms with E-state index in [2.05, 4.69) is 13.8 Å². The van der Waals surface area contributed by atoms with Crippen molar-refractivity contribution in [1.29, 1.82) is 0 Å². The highest BCUT2D eigenvalue weighted by molar-refractivity contribution is 4.86. The second-order valence-corrected chi connectivity index (χ2v) is 5.01. The van der Waals surface area contributed by atoms with Crippen LogP contribution in [-0.4, -0.2) is 0 Å². The monoisotopic (exact) mass is 152 g/mol. The Kier molecular flexibility index (Phi) is 1.95. The topological polar surface area (TPSA) is 0 Å². The molecule has 0 radical (unpaired) electrons. The Morgan fingerprint density at radius 1 is 0.727 bits per heavy atom. The Morgan fingerprint density at radius 2 is 1.36 bits per heavy atom. The van der Waals surface area contributed by atoms with Crippen LogP contribution in [0.1, 0.15) is 46.0 Å². The first-order valence-electron chi connectivity index (χ1n) is 5.25. The SMILES string of the molecule is CC1CC2CC[C@H](C)CC2C1. The molecule has 2 aliphatic rings. The highest BCUT2D eigenvalue weighted by Crippen LogP contribution is 2.46. The van der Waals surface area contributed by atoms with Gasteiger partial charge >= 0.3 is 0 Å². The van der Waals surface area contributed by atoms with Crippen molar-refractivity contribution in [3.63, 3.8) is 0 Å². The van der Waals surface area contributed by atoms with Gasteiger partial charge in [0.1, 0.15) is 0 Å². The standard InChI is InChI=1S/C11H20/c1-8-3-4-10-6-9(2)7-11(10)5-8/h8-11H,3-7H2,1-2H3/t8-,9?,10?,11?/m0/s1. The molecule has 0 aromatic heterocycles. The molecule has 0 nitrogen and oxygen atoms in total. The Balaban J connectivity index is 1.97. The first kappa shape index (κ1) is 7.64. The van der Waals surface area contributed by atoms with Crippen LogP contribution in [0.4, 0.5) is 0 Å². The number of hydrogen-bond donors (Lipinski definition) is 0. The van der Waals surface area contributed by atoms with Gasteiger partial charge < -0.3 is 0 Å². The fourth-order valence-electron chi connectivity index (χ4n) is 3.29. The molecule has 0 aliphatic heterocycles. The highest BCUT2D eigenvalue weighted by Gasteiger charge is 2.35. The average molecular weight is 152 g/mol. The van der Waals surface area contributed by atoms with Crippen molar-refractivity contribution in [1.82, 2.24) is 0 Å². The fraction of sp³-hybridized carbons (Fsp3) is 1.00. The van der Waals surface area contributed by atoms with E-state index in [1.54, 1.807) is 0 Å². The summed E-state index contributed by atoms with van der Waals surface area (Å²) in [7, 11) is 0. The van der Waals surface area contributed by atoms with E-state index < -0.39 is 0 Å². The van der Waals surface area contributed by atoms with Crippen molar-refractivity contribution in [2.24, 2.45) is 23.7 Å². The van der Waals surface area contributed by atoms with E-state index in [1.165, 1.54) is 32.1 Å². The van der Waals surface area contributed by atoms with Crippen molar-refractivity contribution in [3.8, 4) is 0 Å². The van der Waals surface area contributed by atoms with Gasteiger partial charge in [-0.2, -0.15) is 0 Å². The van der Waals surface area contributed by atoms with Gasteiger partial charge in [0.15, 0.2) is 0 Å². The molecule has 64 valence electrons. The molecule has 0 bridgehead atoms. The maximum Gasteiger partial charge on any atom is -0.0381 e. The summed E-state index contributed by atoms with van der Waals surface area (Å²) < 4.78 is 0. The number of fused-ring (bicyclic) bond motifs is 1. The molecule has 0 aromatic carbocycles. The Labute approximate surface area is 70.4 Å². The van der Waals surface area contributed by atoms with Gasteiger partial charge in [0.05, 0.1) is 0 Å². The van der Waals surface area contributed by atoms with E-state index in [1.807, 2.05) is 0 Å². The molecule has 2 aliphatic carbocycles. The van der Waals surface area contributed by atoms with Crippen LogP contribution in [0.15, 0.2) is 0 Å². The minimum absolute atomic E-state index is 1.03. The Bertz CT molecular complexity index is 139. The zero-order chi connectivity index (χ0) is 7.84. The van der Waals surface area contributed by atoms with Gasteiger partial charge in [-0.15, -0.1) is 0 Å². The lowest BCUT2D eigenvalue weighted by Gasteiger charge is -2.29. The third-order valence-electron chi connectivity index (χ3n) is 3.81. The van der Waals surface area contributed by atoms with E-state index in [4.69, 9.17) is 0 Å². The van der Waals surface area contributed by atoms with Gasteiger partial charge in [0, 0.05) is 0 Å². The van der Waals surface area contributed by atoms with Crippen molar-refractivity contribution in [3.05, 3.63) is 0 Å². The predicted molar refractivity (Wildman–Crippen MR) is 48.4 cm³/mol. The van der Waals surface area contributed by atoms with Crippen LogP contribution in [0.5, 0.6) is 0 Å². The summed E-state index contributed by atoms with van der Waals surface area (Å²) in [5, 5.41) is 0. The van der Waals surface area contributed by atoms with E-state index in [0.717, 1.165) is 23.7 Å². The molecule has 0 saturated heterocycles. The van der Waals surface area contributed by atoms with Crippen LogP contribution in [-0.2, 0) is 0 Å². The zero-order valence-corrected chi connectivity index (χ0v) is 7.84. The van der Waals surface area contributed by atoms with Crippen molar-refractivity contribution < 1.29 is 0 Å². The van der Waals surface area contributed by atoms with E-state index in [9.17, 15) is 0 Å². The fourth-order valence-corrected chi connectivity index (χ4v) is 3.29. The van der Waals surface area contributed by atoms with Gasteiger partial charge in [-0.25, -0.2) is 0 Å². The van der Waals surface area contributed by atoms with E-state index in [-0.39, 0.29) is 0 Å². The largest absolute Gasteiger partial charge is 0.0625 e. The lowest BCUT2D eigenvalue weighted by Crippen LogP contribution is -2.18.